The molecule has 2 aromatic rings. The molecule has 0 saturated heterocycles. The summed E-state index contributed by atoms with van der Waals surface area (Å²) in [6, 6.07) is 14.6. The van der Waals surface area contributed by atoms with E-state index in [0.717, 1.165) is 24.5 Å². The first kappa shape index (κ1) is 13.6. The van der Waals surface area contributed by atoms with Crippen LogP contribution in [-0.4, -0.2) is 11.5 Å². The van der Waals surface area contributed by atoms with E-state index in [1.165, 1.54) is 5.56 Å². The van der Waals surface area contributed by atoms with Crippen LogP contribution < -0.4 is 10.6 Å². The third kappa shape index (κ3) is 3.55. The average molecular weight is 255 g/mol. The molecule has 0 amide bonds. The van der Waals surface area contributed by atoms with Gasteiger partial charge in [0.2, 0.25) is 0 Å². The van der Waals surface area contributed by atoms with Crippen molar-refractivity contribution in [3.8, 4) is 0 Å². The van der Waals surface area contributed by atoms with Gasteiger partial charge < -0.3 is 10.6 Å². The molecule has 3 heteroatoms. The highest BCUT2D eigenvalue weighted by molar-refractivity contribution is 5.40. The summed E-state index contributed by atoms with van der Waals surface area (Å²) in [5, 5.41) is 0. The first-order valence-electron chi connectivity index (χ1n) is 6.71. The van der Waals surface area contributed by atoms with Crippen LogP contribution in [0.3, 0.4) is 0 Å². The highest BCUT2D eigenvalue weighted by Gasteiger charge is 2.07. The lowest BCUT2D eigenvalue weighted by Gasteiger charge is -2.22. The number of hydrogen-bond donors (Lipinski definition) is 1. The fraction of sp³-hybridized carbons (Fsp3) is 0.312. The third-order valence-corrected chi connectivity index (χ3v) is 3.22. The largest absolute Gasteiger partial charge is 0.353 e. The van der Waals surface area contributed by atoms with Gasteiger partial charge >= 0.3 is 0 Å². The van der Waals surface area contributed by atoms with Gasteiger partial charge in [0, 0.05) is 25.3 Å². The van der Waals surface area contributed by atoms with Crippen molar-refractivity contribution in [3.05, 3.63) is 59.8 Å². The summed E-state index contributed by atoms with van der Waals surface area (Å²) >= 11 is 0. The first-order valence-corrected chi connectivity index (χ1v) is 6.71. The van der Waals surface area contributed by atoms with Crippen LogP contribution in [0.4, 0.5) is 5.82 Å². The number of hydrogen-bond acceptors (Lipinski definition) is 3. The Bertz CT molecular complexity index is 491. The van der Waals surface area contributed by atoms with Crippen LogP contribution in [0.2, 0.25) is 0 Å². The highest BCUT2D eigenvalue weighted by Crippen LogP contribution is 2.16. The van der Waals surface area contributed by atoms with Crippen molar-refractivity contribution >= 4 is 5.82 Å². The van der Waals surface area contributed by atoms with E-state index < -0.39 is 0 Å². The second-order valence-electron chi connectivity index (χ2n) is 4.74. The number of nitrogens with zero attached hydrogens (tertiary/aromatic N) is 2. The zero-order valence-corrected chi connectivity index (χ0v) is 11.6. The van der Waals surface area contributed by atoms with Crippen LogP contribution >= 0.6 is 0 Å². The van der Waals surface area contributed by atoms with E-state index >= 15 is 0 Å². The monoisotopic (exact) mass is 255 g/mol. The number of aromatic nitrogens is 1. The molecule has 2 N–H and O–H groups in total. The molecule has 1 aromatic heterocycles. The predicted molar refractivity (Wildman–Crippen MR) is 80.0 cm³/mol. The number of anilines is 1. The summed E-state index contributed by atoms with van der Waals surface area (Å²) in [6.07, 6.45) is 1.87. The molecular formula is C16H21N3. The van der Waals surface area contributed by atoms with Gasteiger partial charge in [-0.05, 0) is 31.0 Å². The van der Waals surface area contributed by atoms with Gasteiger partial charge in [0.1, 0.15) is 5.82 Å². The molecular weight excluding hydrogens is 234 g/mol. The molecule has 1 heterocycles. The first-order chi connectivity index (χ1) is 9.20. The number of rotatable bonds is 5. The van der Waals surface area contributed by atoms with Crippen LogP contribution in [0.25, 0.3) is 0 Å². The molecule has 0 saturated carbocycles. The van der Waals surface area contributed by atoms with Crippen LogP contribution in [0.1, 0.15) is 31.0 Å². The van der Waals surface area contributed by atoms with E-state index in [1.54, 1.807) is 0 Å². The molecule has 0 bridgehead atoms. The van der Waals surface area contributed by atoms with E-state index in [4.69, 9.17) is 5.73 Å². The standard InChI is InChI=1S/C16H21N3/c1-3-19(12-14-7-5-4-6-8-14)16-10-9-15(11-18-16)13(2)17/h4-11,13H,3,12,17H2,1-2H3/t13-/m0/s1. The second kappa shape index (κ2) is 6.34. The molecule has 0 aliphatic heterocycles. The molecule has 0 fully saturated rings. The van der Waals surface area contributed by atoms with Gasteiger partial charge in [-0.3, -0.25) is 0 Å². The van der Waals surface area contributed by atoms with Gasteiger partial charge in [0.25, 0.3) is 0 Å². The van der Waals surface area contributed by atoms with E-state index in [9.17, 15) is 0 Å². The maximum atomic E-state index is 5.84. The number of benzene rings is 1. The van der Waals surface area contributed by atoms with Gasteiger partial charge in [-0.15, -0.1) is 0 Å². The molecule has 100 valence electrons. The average Bonchev–Trinajstić information content (AvgIpc) is 2.46. The summed E-state index contributed by atoms with van der Waals surface area (Å²) < 4.78 is 0. The fourth-order valence-electron chi connectivity index (χ4n) is 2.01. The van der Waals surface area contributed by atoms with Crippen LogP contribution in [0.5, 0.6) is 0 Å². The van der Waals surface area contributed by atoms with Crippen molar-refractivity contribution in [2.45, 2.75) is 26.4 Å². The molecule has 1 atom stereocenters. The molecule has 0 spiro atoms. The van der Waals surface area contributed by atoms with E-state index in [1.807, 2.05) is 25.3 Å². The molecule has 0 aliphatic carbocycles. The maximum Gasteiger partial charge on any atom is 0.128 e. The highest BCUT2D eigenvalue weighted by atomic mass is 15.2. The Morgan fingerprint density at radius 1 is 1.16 bits per heavy atom. The van der Waals surface area contributed by atoms with Gasteiger partial charge in [-0.2, -0.15) is 0 Å². The Balaban J connectivity index is 2.13. The van der Waals surface area contributed by atoms with Gasteiger partial charge in [0.15, 0.2) is 0 Å². The molecule has 0 radical (unpaired) electrons. The van der Waals surface area contributed by atoms with Crippen molar-refractivity contribution in [2.75, 3.05) is 11.4 Å². The molecule has 1 aromatic carbocycles. The van der Waals surface area contributed by atoms with Crippen LogP contribution in [0.15, 0.2) is 48.7 Å². The van der Waals surface area contributed by atoms with Crippen molar-refractivity contribution in [1.82, 2.24) is 4.98 Å². The van der Waals surface area contributed by atoms with Crippen LogP contribution in [0, 0.1) is 0 Å². The normalized spacial score (nSPS) is 12.2. The van der Waals surface area contributed by atoms with Crippen molar-refractivity contribution in [3.63, 3.8) is 0 Å². The van der Waals surface area contributed by atoms with Gasteiger partial charge in [0.05, 0.1) is 0 Å². The minimum absolute atomic E-state index is 0.0331. The summed E-state index contributed by atoms with van der Waals surface area (Å²) in [4.78, 5) is 6.76. The van der Waals surface area contributed by atoms with Gasteiger partial charge in [-0.1, -0.05) is 36.4 Å². The van der Waals surface area contributed by atoms with Crippen LogP contribution in [-0.2, 0) is 6.54 Å². The smallest absolute Gasteiger partial charge is 0.128 e. The lowest BCUT2D eigenvalue weighted by molar-refractivity contribution is 0.792. The minimum Gasteiger partial charge on any atom is -0.353 e. The Labute approximate surface area is 115 Å². The second-order valence-corrected chi connectivity index (χ2v) is 4.74. The summed E-state index contributed by atoms with van der Waals surface area (Å²) in [7, 11) is 0. The van der Waals surface area contributed by atoms with Crippen molar-refractivity contribution in [2.24, 2.45) is 5.73 Å². The lowest BCUT2D eigenvalue weighted by Crippen LogP contribution is -2.23. The summed E-state index contributed by atoms with van der Waals surface area (Å²) in [5.41, 5.74) is 8.21. The molecule has 0 aliphatic rings. The Kier molecular flexibility index (Phi) is 4.53. The van der Waals surface area contributed by atoms with Crippen molar-refractivity contribution in [1.29, 1.82) is 0 Å². The van der Waals surface area contributed by atoms with Crippen molar-refractivity contribution < 1.29 is 0 Å². The quantitative estimate of drug-likeness (QED) is 0.892. The Morgan fingerprint density at radius 2 is 1.89 bits per heavy atom. The molecule has 19 heavy (non-hydrogen) atoms. The summed E-state index contributed by atoms with van der Waals surface area (Å²) in [6.45, 7) is 5.92. The number of nitrogens with two attached hydrogens (primary N) is 1. The van der Waals surface area contributed by atoms with E-state index in [0.29, 0.717) is 0 Å². The Morgan fingerprint density at radius 3 is 2.42 bits per heavy atom. The SMILES string of the molecule is CCN(Cc1ccccc1)c1ccc([C@H](C)N)cn1. The van der Waals surface area contributed by atoms with E-state index in [-0.39, 0.29) is 6.04 Å². The molecule has 2 rings (SSSR count). The van der Waals surface area contributed by atoms with Gasteiger partial charge in [-0.25, -0.2) is 4.98 Å². The molecule has 3 nitrogen and oxygen atoms in total. The topological polar surface area (TPSA) is 42.1 Å². The fourth-order valence-corrected chi connectivity index (χ4v) is 2.01. The zero-order chi connectivity index (χ0) is 13.7. The predicted octanol–water partition coefficient (Wildman–Crippen LogP) is 3.13. The summed E-state index contributed by atoms with van der Waals surface area (Å²) in [5.74, 6) is 0.996. The third-order valence-electron chi connectivity index (χ3n) is 3.22. The van der Waals surface area contributed by atoms with E-state index in [2.05, 4.69) is 47.1 Å². The minimum atomic E-state index is 0.0331. The zero-order valence-electron chi connectivity index (χ0n) is 11.6. The molecule has 0 unspecified atom stereocenters. The maximum absolute atomic E-state index is 5.84. The number of pyridine rings is 1. The lowest BCUT2D eigenvalue weighted by atomic mass is 10.1. The Hall–Kier alpha value is -1.87.